The first kappa shape index (κ1) is 14.1. The lowest BCUT2D eigenvalue weighted by Gasteiger charge is -2.31. The van der Waals surface area contributed by atoms with E-state index >= 15 is 0 Å². The highest BCUT2D eigenvalue weighted by molar-refractivity contribution is 6.29. The van der Waals surface area contributed by atoms with Crippen LogP contribution in [0, 0.1) is 5.92 Å². The van der Waals surface area contributed by atoms with E-state index < -0.39 is 0 Å². The van der Waals surface area contributed by atoms with Crippen molar-refractivity contribution in [3.63, 3.8) is 0 Å². The summed E-state index contributed by atoms with van der Waals surface area (Å²) < 4.78 is 0. The molecule has 0 unspecified atom stereocenters. The van der Waals surface area contributed by atoms with Crippen molar-refractivity contribution in [2.24, 2.45) is 11.7 Å². The number of hydrogen-bond donors (Lipinski definition) is 1. The summed E-state index contributed by atoms with van der Waals surface area (Å²) in [5, 5.41) is 0.464. The molecule has 104 valence electrons. The monoisotopic (exact) mass is 282 g/mol. The van der Waals surface area contributed by atoms with Gasteiger partial charge in [-0.25, -0.2) is 9.97 Å². The lowest BCUT2D eigenvalue weighted by molar-refractivity contribution is -0.122. The number of hydrogen-bond acceptors (Lipinski definition) is 4. The van der Waals surface area contributed by atoms with Crippen LogP contribution in [0.25, 0.3) is 0 Å². The molecule has 19 heavy (non-hydrogen) atoms. The molecular formula is C13H19ClN4O. The molecule has 2 N–H and O–H groups in total. The molecule has 6 heteroatoms. The van der Waals surface area contributed by atoms with Crippen molar-refractivity contribution in [3.05, 3.63) is 17.0 Å². The lowest BCUT2D eigenvalue weighted by Crippen LogP contribution is -2.39. The van der Waals surface area contributed by atoms with Crippen LogP contribution in [0.15, 0.2) is 6.07 Å². The zero-order valence-corrected chi connectivity index (χ0v) is 12.0. The molecule has 1 fully saturated rings. The second-order valence-electron chi connectivity index (χ2n) is 5.23. The highest BCUT2D eigenvalue weighted by atomic mass is 35.5. The normalized spacial score (nSPS) is 16.9. The number of halogens is 1. The largest absolute Gasteiger partial charge is 0.369 e. The highest BCUT2D eigenvalue weighted by Crippen LogP contribution is 2.24. The molecule has 2 rings (SSSR count). The summed E-state index contributed by atoms with van der Waals surface area (Å²) in [5.41, 5.74) is 5.34. The predicted molar refractivity (Wildman–Crippen MR) is 75.3 cm³/mol. The van der Waals surface area contributed by atoms with Crippen molar-refractivity contribution in [3.8, 4) is 0 Å². The molecule has 0 aliphatic carbocycles. The summed E-state index contributed by atoms with van der Waals surface area (Å²) >= 11 is 6.04. The summed E-state index contributed by atoms with van der Waals surface area (Å²) in [6.45, 7) is 5.63. The van der Waals surface area contributed by atoms with Gasteiger partial charge in [-0.05, 0) is 12.8 Å². The molecule has 2 heterocycles. The van der Waals surface area contributed by atoms with Crippen molar-refractivity contribution in [2.75, 3.05) is 18.0 Å². The number of piperidine rings is 1. The van der Waals surface area contributed by atoms with Gasteiger partial charge in [0, 0.05) is 31.0 Å². The van der Waals surface area contributed by atoms with Gasteiger partial charge in [-0.1, -0.05) is 25.4 Å². The average Bonchev–Trinajstić information content (AvgIpc) is 2.38. The molecule has 0 aromatic carbocycles. The van der Waals surface area contributed by atoms with E-state index in [9.17, 15) is 4.79 Å². The Kier molecular flexibility index (Phi) is 4.24. The van der Waals surface area contributed by atoms with E-state index in [4.69, 9.17) is 17.3 Å². The predicted octanol–water partition coefficient (Wildman–Crippen LogP) is 1.96. The maximum absolute atomic E-state index is 11.2. The number of nitrogens with two attached hydrogens (primary N) is 1. The molecule has 1 aromatic rings. The fraction of sp³-hybridized carbons (Fsp3) is 0.615. The lowest BCUT2D eigenvalue weighted by atomic mass is 9.96. The van der Waals surface area contributed by atoms with Gasteiger partial charge in [0.2, 0.25) is 5.91 Å². The quantitative estimate of drug-likeness (QED) is 0.860. The van der Waals surface area contributed by atoms with Crippen LogP contribution in [0.2, 0.25) is 5.15 Å². The van der Waals surface area contributed by atoms with Crippen molar-refractivity contribution in [1.29, 1.82) is 0 Å². The molecule has 1 aliphatic heterocycles. The van der Waals surface area contributed by atoms with Crippen molar-refractivity contribution < 1.29 is 4.79 Å². The van der Waals surface area contributed by atoms with Crippen LogP contribution in [-0.4, -0.2) is 29.0 Å². The molecule has 0 saturated carbocycles. The molecular weight excluding hydrogens is 264 g/mol. The van der Waals surface area contributed by atoms with Crippen molar-refractivity contribution >= 4 is 23.3 Å². The van der Waals surface area contributed by atoms with Gasteiger partial charge in [0.15, 0.2) is 0 Å². The fourth-order valence-electron chi connectivity index (χ4n) is 2.24. The summed E-state index contributed by atoms with van der Waals surface area (Å²) in [5.74, 6) is 1.60. The van der Waals surface area contributed by atoms with Gasteiger partial charge < -0.3 is 10.6 Å². The van der Waals surface area contributed by atoms with E-state index in [1.807, 2.05) is 13.8 Å². The third-order valence-corrected chi connectivity index (χ3v) is 3.63. The van der Waals surface area contributed by atoms with Gasteiger partial charge in [0.05, 0.1) is 0 Å². The Labute approximate surface area is 118 Å². The van der Waals surface area contributed by atoms with Gasteiger partial charge in [0.1, 0.15) is 16.8 Å². The Morgan fingerprint density at radius 3 is 2.58 bits per heavy atom. The molecule has 0 bridgehead atoms. The molecule has 1 saturated heterocycles. The SMILES string of the molecule is CC(C)c1nc(Cl)cc(N2CCC(C(N)=O)CC2)n1. The van der Waals surface area contributed by atoms with Gasteiger partial charge in [-0.3, -0.25) is 4.79 Å². The first-order valence-electron chi connectivity index (χ1n) is 6.56. The topological polar surface area (TPSA) is 72.1 Å². The number of carbonyl (C=O) groups is 1. The van der Waals surface area contributed by atoms with E-state index in [1.165, 1.54) is 0 Å². The first-order valence-corrected chi connectivity index (χ1v) is 6.94. The van der Waals surface area contributed by atoms with Gasteiger partial charge >= 0.3 is 0 Å². The third kappa shape index (κ3) is 3.35. The zero-order valence-electron chi connectivity index (χ0n) is 11.3. The summed E-state index contributed by atoms with van der Waals surface area (Å²) in [4.78, 5) is 22.1. The van der Waals surface area contributed by atoms with Crippen LogP contribution in [-0.2, 0) is 4.79 Å². The van der Waals surface area contributed by atoms with Crippen LogP contribution in [0.3, 0.4) is 0 Å². The maximum Gasteiger partial charge on any atom is 0.220 e. The number of anilines is 1. The fourth-order valence-corrected chi connectivity index (χ4v) is 2.42. The van der Waals surface area contributed by atoms with Crippen LogP contribution < -0.4 is 10.6 Å². The maximum atomic E-state index is 11.2. The summed E-state index contributed by atoms with van der Waals surface area (Å²) in [6, 6.07) is 1.78. The summed E-state index contributed by atoms with van der Waals surface area (Å²) in [6.07, 6.45) is 1.54. The van der Waals surface area contributed by atoms with E-state index in [-0.39, 0.29) is 17.7 Å². The minimum Gasteiger partial charge on any atom is -0.369 e. The molecule has 1 amide bonds. The number of carbonyl (C=O) groups excluding carboxylic acids is 1. The Morgan fingerprint density at radius 1 is 1.42 bits per heavy atom. The number of aromatic nitrogens is 2. The van der Waals surface area contributed by atoms with Crippen molar-refractivity contribution in [1.82, 2.24) is 9.97 Å². The number of amides is 1. The minimum atomic E-state index is -0.205. The van der Waals surface area contributed by atoms with Crippen LogP contribution in [0.4, 0.5) is 5.82 Å². The van der Waals surface area contributed by atoms with Gasteiger partial charge in [-0.2, -0.15) is 0 Å². The van der Waals surface area contributed by atoms with E-state index in [2.05, 4.69) is 14.9 Å². The molecule has 1 aromatic heterocycles. The summed E-state index contributed by atoms with van der Waals surface area (Å²) in [7, 11) is 0. The molecule has 0 spiro atoms. The smallest absolute Gasteiger partial charge is 0.220 e. The molecule has 5 nitrogen and oxygen atoms in total. The zero-order chi connectivity index (χ0) is 14.0. The number of nitrogens with zero attached hydrogens (tertiary/aromatic N) is 3. The average molecular weight is 283 g/mol. The third-order valence-electron chi connectivity index (χ3n) is 3.44. The Hall–Kier alpha value is -1.36. The van der Waals surface area contributed by atoms with Crippen LogP contribution >= 0.6 is 11.6 Å². The van der Waals surface area contributed by atoms with Crippen molar-refractivity contribution in [2.45, 2.75) is 32.6 Å². The number of rotatable bonds is 3. The van der Waals surface area contributed by atoms with E-state index in [0.29, 0.717) is 5.15 Å². The molecule has 0 atom stereocenters. The van der Waals surface area contributed by atoms with Gasteiger partial charge in [-0.15, -0.1) is 0 Å². The molecule has 0 radical (unpaired) electrons. The van der Waals surface area contributed by atoms with E-state index in [1.54, 1.807) is 6.07 Å². The second kappa shape index (κ2) is 5.74. The van der Waals surface area contributed by atoms with Crippen LogP contribution in [0.1, 0.15) is 38.4 Å². The minimum absolute atomic E-state index is 0.0156. The molecule has 1 aliphatic rings. The Balaban J connectivity index is 2.13. The Bertz CT molecular complexity index is 470. The van der Waals surface area contributed by atoms with E-state index in [0.717, 1.165) is 37.6 Å². The number of primary amides is 1. The standard InChI is InChI=1S/C13H19ClN4O/c1-8(2)13-16-10(14)7-11(17-13)18-5-3-9(4-6-18)12(15)19/h7-9H,3-6H2,1-2H3,(H2,15,19). The van der Waals surface area contributed by atoms with Gasteiger partial charge in [0.25, 0.3) is 0 Å². The second-order valence-corrected chi connectivity index (χ2v) is 5.61. The highest BCUT2D eigenvalue weighted by Gasteiger charge is 2.24. The first-order chi connectivity index (χ1) is 8.97. The van der Waals surface area contributed by atoms with Crippen LogP contribution in [0.5, 0.6) is 0 Å². The Morgan fingerprint density at radius 2 is 2.05 bits per heavy atom.